The van der Waals surface area contributed by atoms with E-state index in [2.05, 4.69) is 57.4 Å². The van der Waals surface area contributed by atoms with Crippen LogP contribution in [0.25, 0.3) is 16.7 Å². The Bertz CT molecular complexity index is 1440. The average molecular weight is 460 g/mol. The van der Waals surface area contributed by atoms with E-state index < -0.39 is 0 Å². The van der Waals surface area contributed by atoms with Crippen LogP contribution in [-0.4, -0.2) is 14.8 Å². The number of thioether (sulfide) groups is 1. The van der Waals surface area contributed by atoms with Gasteiger partial charge in [-0.05, 0) is 66.2 Å². The third-order valence-corrected chi connectivity index (χ3v) is 7.28. The molecule has 0 bridgehead atoms. The lowest BCUT2D eigenvalue weighted by molar-refractivity contribution is 0.559. The average Bonchev–Trinajstić information content (AvgIpc) is 3.44. The van der Waals surface area contributed by atoms with Crippen LogP contribution in [0.3, 0.4) is 0 Å². The number of aryl methyl sites for hydroxylation is 2. The zero-order chi connectivity index (χ0) is 22.1. The van der Waals surface area contributed by atoms with Gasteiger partial charge in [0.05, 0.1) is 0 Å². The molecule has 0 unspecified atom stereocenters. The Kier molecular flexibility index (Phi) is 5.68. The second kappa shape index (κ2) is 8.76. The summed E-state index contributed by atoms with van der Waals surface area (Å²) in [6.45, 7) is 4.09. The van der Waals surface area contributed by atoms with E-state index in [0.29, 0.717) is 11.3 Å². The number of benzene rings is 2. The molecular formula is C25H21N3O2S2. The number of thiophene rings is 1. The van der Waals surface area contributed by atoms with Gasteiger partial charge in [0.15, 0.2) is 5.16 Å². The Labute approximate surface area is 193 Å². The largest absolute Gasteiger partial charge is 0.423 e. The summed E-state index contributed by atoms with van der Waals surface area (Å²) in [4.78, 5) is 13.4. The van der Waals surface area contributed by atoms with Crippen LogP contribution in [0.15, 0.2) is 80.4 Å². The van der Waals surface area contributed by atoms with E-state index in [4.69, 9.17) is 4.42 Å². The molecule has 0 radical (unpaired) electrons. The standard InChI is InChI=1S/C25H21N3O2S2/c1-16-11-21-18(13-24(29)30-22(21)12-17(16)2)15-32-25-27-26-23(14-20-9-6-10-31-20)28(25)19-7-4-3-5-8-19/h3-13H,14-15H2,1-2H3. The molecule has 0 saturated carbocycles. The molecule has 5 rings (SSSR count). The van der Waals surface area contributed by atoms with Gasteiger partial charge < -0.3 is 4.42 Å². The van der Waals surface area contributed by atoms with Crippen molar-refractivity contribution in [1.29, 1.82) is 0 Å². The van der Waals surface area contributed by atoms with Crippen LogP contribution in [0.4, 0.5) is 0 Å². The molecule has 0 amide bonds. The van der Waals surface area contributed by atoms with Gasteiger partial charge in [0.2, 0.25) is 0 Å². The van der Waals surface area contributed by atoms with Gasteiger partial charge in [-0.15, -0.1) is 21.5 Å². The minimum atomic E-state index is -0.334. The summed E-state index contributed by atoms with van der Waals surface area (Å²) in [5.41, 5.74) is 4.52. The monoisotopic (exact) mass is 459 g/mol. The smallest absolute Gasteiger partial charge is 0.336 e. The first kappa shape index (κ1) is 20.7. The third-order valence-electron chi connectivity index (χ3n) is 5.43. The summed E-state index contributed by atoms with van der Waals surface area (Å²) in [5, 5.41) is 12.8. The Morgan fingerprint density at radius 2 is 1.81 bits per heavy atom. The van der Waals surface area contributed by atoms with Gasteiger partial charge >= 0.3 is 5.63 Å². The molecule has 0 aliphatic heterocycles. The van der Waals surface area contributed by atoms with Crippen LogP contribution < -0.4 is 5.63 Å². The Balaban J connectivity index is 1.52. The summed E-state index contributed by atoms with van der Waals surface area (Å²) in [7, 11) is 0. The molecule has 0 N–H and O–H groups in total. The lowest BCUT2D eigenvalue weighted by Crippen LogP contribution is -2.04. The second-order valence-corrected chi connectivity index (χ2v) is 9.61. The highest BCUT2D eigenvalue weighted by atomic mass is 32.2. The van der Waals surface area contributed by atoms with Crippen molar-refractivity contribution in [2.24, 2.45) is 0 Å². The number of para-hydroxylation sites is 1. The molecule has 5 aromatic rings. The number of hydrogen-bond acceptors (Lipinski definition) is 6. The topological polar surface area (TPSA) is 60.9 Å². The lowest BCUT2D eigenvalue weighted by Gasteiger charge is -2.11. The molecule has 32 heavy (non-hydrogen) atoms. The van der Waals surface area contributed by atoms with Crippen LogP contribution in [-0.2, 0) is 12.2 Å². The minimum Gasteiger partial charge on any atom is -0.423 e. The summed E-state index contributed by atoms with van der Waals surface area (Å²) in [6, 6.07) is 19.9. The van der Waals surface area contributed by atoms with Gasteiger partial charge in [-0.1, -0.05) is 36.0 Å². The van der Waals surface area contributed by atoms with E-state index in [-0.39, 0.29) is 5.63 Å². The maximum Gasteiger partial charge on any atom is 0.336 e. The van der Waals surface area contributed by atoms with Crippen LogP contribution in [0, 0.1) is 13.8 Å². The highest BCUT2D eigenvalue weighted by molar-refractivity contribution is 7.98. The zero-order valence-corrected chi connectivity index (χ0v) is 19.4. The van der Waals surface area contributed by atoms with E-state index in [1.807, 2.05) is 31.2 Å². The van der Waals surface area contributed by atoms with Crippen molar-refractivity contribution in [2.45, 2.75) is 31.2 Å². The molecule has 0 saturated heterocycles. The van der Waals surface area contributed by atoms with Gasteiger partial charge in [0, 0.05) is 34.2 Å². The highest BCUT2D eigenvalue weighted by Crippen LogP contribution is 2.30. The maximum atomic E-state index is 12.2. The molecule has 7 heteroatoms. The lowest BCUT2D eigenvalue weighted by atomic mass is 10.0. The van der Waals surface area contributed by atoms with E-state index in [1.54, 1.807) is 29.2 Å². The van der Waals surface area contributed by atoms with Gasteiger partial charge in [-0.3, -0.25) is 4.57 Å². The Morgan fingerprint density at radius 1 is 1.00 bits per heavy atom. The van der Waals surface area contributed by atoms with Crippen molar-refractivity contribution in [3.63, 3.8) is 0 Å². The number of nitrogens with zero attached hydrogens (tertiary/aromatic N) is 3. The molecule has 5 nitrogen and oxygen atoms in total. The van der Waals surface area contributed by atoms with Gasteiger partial charge in [0.1, 0.15) is 11.4 Å². The molecule has 0 aliphatic rings. The predicted octanol–water partition coefficient (Wildman–Crippen LogP) is 5.94. The third kappa shape index (κ3) is 4.13. The van der Waals surface area contributed by atoms with E-state index >= 15 is 0 Å². The summed E-state index contributed by atoms with van der Waals surface area (Å²) >= 11 is 3.29. The normalized spacial score (nSPS) is 11.3. The van der Waals surface area contributed by atoms with Gasteiger partial charge in [0.25, 0.3) is 0 Å². The molecule has 0 aliphatic carbocycles. The predicted molar refractivity (Wildman–Crippen MR) is 130 cm³/mol. The Morgan fingerprint density at radius 3 is 2.59 bits per heavy atom. The summed E-state index contributed by atoms with van der Waals surface area (Å²) < 4.78 is 7.55. The SMILES string of the molecule is Cc1cc2oc(=O)cc(CSc3nnc(Cc4cccs4)n3-c3ccccc3)c2cc1C. The number of rotatable bonds is 6. The minimum absolute atomic E-state index is 0.334. The molecule has 3 heterocycles. The molecular weight excluding hydrogens is 438 g/mol. The number of fused-ring (bicyclic) bond motifs is 1. The Hall–Kier alpha value is -3.16. The van der Waals surface area contributed by atoms with Crippen LogP contribution in [0.2, 0.25) is 0 Å². The first-order chi connectivity index (χ1) is 15.6. The van der Waals surface area contributed by atoms with Gasteiger partial charge in [-0.2, -0.15) is 0 Å². The zero-order valence-electron chi connectivity index (χ0n) is 17.7. The van der Waals surface area contributed by atoms with Crippen molar-refractivity contribution in [1.82, 2.24) is 14.8 Å². The van der Waals surface area contributed by atoms with Crippen molar-refractivity contribution in [2.75, 3.05) is 0 Å². The first-order valence-corrected chi connectivity index (χ1v) is 12.1. The molecule has 3 aromatic heterocycles. The number of hydrogen-bond donors (Lipinski definition) is 0. The van der Waals surface area contributed by atoms with Crippen molar-refractivity contribution in [3.05, 3.63) is 104 Å². The molecule has 0 fully saturated rings. The quantitative estimate of drug-likeness (QED) is 0.232. The van der Waals surface area contributed by atoms with Gasteiger partial charge in [-0.25, -0.2) is 4.79 Å². The van der Waals surface area contributed by atoms with E-state index in [9.17, 15) is 4.79 Å². The fourth-order valence-electron chi connectivity index (χ4n) is 3.66. The molecule has 2 aromatic carbocycles. The highest BCUT2D eigenvalue weighted by Gasteiger charge is 2.17. The number of aromatic nitrogens is 3. The van der Waals surface area contributed by atoms with Crippen LogP contribution >= 0.6 is 23.1 Å². The molecule has 0 spiro atoms. The van der Waals surface area contributed by atoms with Crippen molar-refractivity contribution < 1.29 is 4.42 Å². The van der Waals surface area contributed by atoms with Crippen LogP contribution in [0.1, 0.15) is 27.4 Å². The summed E-state index contributed by atoms with van der Waals surface area (Å²) in [5.74, 6) is 1.49. The van der Waals surface area contributed by atoms with Crippen LogP contribution in [0.5, 0.6) is 0 Å². The van der Waals surface area contributed by atoms with Crippen molar-refractivity contribution in [3.8, 4) is 5.69 Å². The fourth-order valence-corrected chi connectivity index (χ4v) is 5.32. The van der Waals surface area contributed by atoms with Crippen molar-refractivity contribution >= 4 is 34.1 Å². The molecule has 0 atom stereocenters. The first-order valence-electron chi connectivity index (χ1n) is 10.3. The maximum absolute atomic E-state index is 12.2. The van der Waals surface area contributed by atoms with E-state index in [1.165, 1.54) is 10.4 Å². The second-order valence-electron chi connectivity index (χ2n) is 7.64. The fraction of sp³-hybridized carbons (Fsp3) is 0.160. The van der Waals surface area contributed by atoms with E-state index in [0.717, 1.165) is 39.6 Å². The summed E-state index contributed by atoms with van der Waals surface area (Å²) in [6.07, 6.45) is 0.719. The molecule has 160 valence electrons.